The van der Waals surface area contributed by atoms with E-state index in [1.807, 2.05) is 36.0 Å². The number of aryl methyl sites for hydroxylation is 1. The summed E-state index contributed by atoms with van der Waals surface area (Å²) in [5, 5.41) is 2.18. The quantitative estimate of drug-likeness (QED) is 0.498. The molecule has 0 radical (unpaired) electrons. The molecule has 0 unspecified atom stereocenters. The maximum absolute atomic E-state index is 11.3. The number of fused-ring (bicyclic) bond motifs is 1. The van der Waals surface area contributed by atoms with Gasteiger partial charge in [0.2, 0.25) is 0 Å². The molecule has 0 aliphatic rings. The fourth-order valence-corrected chi connectivity index (χ4v) is 1.89. The molecular formula is C13H17N3O2. The molecule has 5 heteroatoms. The minimum Gasteiger partial charge on any atom is -0.367 e. The molecule has 0 spiro atoms. The van der Waals surface area contributed by atoms with Gasteiger partial charge in [0.05, 0.1) is 6.61 Å². The van der Waals surface area contributed by atoms with E-state index in [-0.39, 0.29) is 12.5 Å². The maximum atomic E-state index is 11.3. The van der Waals surface area contributed by atoms with Gasteiger partial charge in [-0.2, -0.15) is 0 Å². The van der Waals surface area contributed by atoms with E-state index in [4.69, 9.17) is 10.6 Å². The number of benzene rings is 1. The molecule has 0 fully saturated rings. The Bertz CT molecular complexity index is 560. The molecule has 1 amide bonds. The standard InChI is InChI=1S/C13H17N3O2/c1-15-7-10(8-18-9-13(17)16(2)14)11-5-3-4-6-12(11)15/h3-7H,8-9,14H2,1-2H3. The van der Waals surface area contributed by atoms with Gasteiger partial charge < -0.3 is 9.30 Å². The summed E-state index contributed by atoms with van der Waals surface area (Å²) in [5.41, 5.74) is 2.22. The lowest BCUT2D eigenvalue weighted by Gasteiger charge is -2.09. The molecule has 0 atom stereocenters. The van der Waals surface area contributed by atoms with Crippen molar-refractivity contribution in [2.75, 3.05) is 13.7 Å². The minimum atomic E-state index is -0.241. The second-order valence-corrected chi connectivity index (χ2v) is 4.28. The van der Waals surface area contributed by atoms with Crippen LogP contribution in [0.1, 0.15) is 5.56 Å². The van der Waals surface area contributed by atoms with Crippen molar-refractivity contribution in [1.29, 1.82) is 0 Å². The Balaban J connectivity index is 2.06. The van der Waals surface area contributed by atoms with E-state index in [0.717, 1.165) is 21.5 Å². The van der Waals surface area contributed by atoms with Crippen molar-refractivity contribution in [3.05, 3.63) is 36.0 Å². The normalized spacial score (nSPS) is 10.8. The first-order chi connectivity index (χ1) is 8.59. The summed E-state index contributed by atoms with van der Waals surface area (Å²) in [7, 11) is 3.49. The SMILES string of the molecule is CN(N)C(=O)COCc1cn(C)c2ccccc12. The van der Waals surface area contributed by atoms with Gasteiger partial charge in [0.15, 0.2) is 0 Å². The van der Waals surface area contributed by atoms with E-state index in [0.29, 0.717) is 6.61 Å². The molecule has 18 heavy (non-hydrogen) atoms. The molecular weight excluding hydrogens is 230 g/mol. The molecule has 2 rings (SSSR count). The second-order valence-electron chi connectivity index (χ2n) is 4.28. The highest BCUT2D eigenvalue weighted by molar-refractivity contribution is 5.83. The van der Waals surface area contributed by atoms with Crippen molar-refractivity contribution < 1.29 is 9.53 Å². The van der Waals surface area contributed by atoms with Gasteiger partial charge in [-0.25, -0.2) is 5.84 Å². The van der Waals surface area contributed by atoms with E-state index in [2.05, 4.69) is 6.07 Å². The molecule has 2 N–H and O–H groups in total. The highest BCUT2D eigenvalue weighted by Crippen LogP contribution is 2.20. The lowest BCUT2D eigenvalue weighted by Crippen LogP contribution is -2.35. The van der Waals surface area contributed by atoms with Gasteiger partial charge in [0.25, 0.3) is 5.91 Å². The van der Waals surface area contributed by atoms with Crippen LogP contribution in [0.5, 0.6) is 0 Å². The zero-order valence-corrected chi connectivity index (χ0v) is 10.6. The second kappa shape index (κ2) is 5.20. The van der Waals surface area contributed by atoms with Gasteiger partial charge in [0, 0.05) is 36.8 Å². The summed E-state index contributed by atoms with van der Waals surface area (Å²) < 4.78 is 7.43. The molecule has 2 aromatic rings. The highest BCUT2D eigenvalue weighted by Gasteiger charge is 2.08. The number of hydrogen-bond donors (Lipinski definition) is 1. The van der Waals surface area contributed by atoms with E-state index >= 15 is 0 Å². The largest absolute Gasteiger partial charge is 0.367 e. The molecule has 96 valence electrons. The molecule has 1 aromatic carbocycles. The van der Waals surface area contributed by atoms with Crippen LogP contribution in [-0.2, 0) is 23.2 Å². The Morgan fingerprint density at radius 2 is 2.17 bits per heavy atom. The number of carbonyl (C=O) groups excluding carboxylic acids is 1. The van der Waals surface area contributed by atoms with Crippen molar-refractivity contribution in [2.45, 2.75) is 6.61 Å². The number of ether oxygens (including phenoxy) is 1. The van der Waals surface area contributed by atoms with Gasteiger partial charge in [-0.05, 0) is 6.07 Å². The number of aromatic nitrogens is 1. The Labute approximate surface area is 106 Å². The molecule has 0 aliphatic carbocycles. The molecule has 1 aromatic heterocycles. The summed E-state index contributed by atoms with van der Waals surface area (Å²) in [4.78, 5) is 11.3. The van der Waals surface area contributed by atoms with E-state index in [1.54, 1.807) is 0 Å². The highest BCUT2D eigenvalue weighted by atomic mass is 16.5. The average molecular weight is 247 g/mol. The number of para-hydroxylation sites is 1. The molecule has 0 bridgehead atoms. The molecule has 5 nitrogen and oxygen atoms in total. The number of amides is 1. The van der Waals surface area contributed by atoms with Gasteiger partial charge in [-0.1, -0.05) is 18.2 Å². The molecule has 0 saturated carbocycles. The van der Waals surface area contributed by atoms with Crippen molar-refractivity contribution in [2.24, 2.45) is 12.9 Å². The third-order valence-electron chi connectivity index (χ3n) is 2.86. The monoisotopic (exact) mass is 247 g/mol. The maximum Gasteiger partial charge on any atom is 0.262 e. The third-order valence-corrected chi connectivity index (χ3v) is 2.86. The Morgan fingerprint density at radius 1 is 1.44 bits per heavy atom. The smallest absolute Gasteiger partial charge is 0.262 e. The van der Waals surface area contributed by atoms with Gasteiger partial charge >= 0.3 is 0 Å². The predicted octanol–water partition coefficient (Wildman–Crippen LogP) is 1.03. The fourth-order valence-electron chi connectivity index (χ4n) is 1.89. The van der Waals surface area contributed by atoms with Crippen LogP contribution in [0.2, 0.25) is 0 Å². The number of rotatable bonds is 4. The van der Waals surface area contributed by atoms with E-state index in [1.165, 1.54) is 7.05 Å². The summed E-state index contributed by atoms with van der Waals surface area (Å²) in [6, 6.07) is 8.09. The van der Waals surface area contributed by atoms with Crippen LogP contribution in [0.4, 0.5) is 0 Å². The van der Waals surface area contributed by atoms with E-state index in [9.17, 15) is 4.79 Å². The number of carbonyl (C=O) groups is 1. The number of hydrazine groups is 1. The molecule has 0 aliphatic heterocycles. The summed E-state index contributed by atoms with van der Waals surface area (Å²) in [6.45, 7) is 0.400. The Morgan fingerprint density at radius 3 is 2.89 bits per heavy atom. The first-order valence-corrected chi connectivity index (χ1v) is 5.71. The summed E-state index contributed by atoms with van der Waals surface area (Å²) in [5.74, 6) is 5.07. The van der Waals surface area contributed by atoms with Crippen molar-refractivity contribution in [1.82, 2.24) is 9.58 Å². The first kappa shape index (κ1) is 12.6. The Hall–Kier alpha value is -1.85. The summed E-state index contributed by atoms with van der Waals surface area (Å²) >= 11 is 0. The van der Waals surface area contributed by atoms with Crippen LogP contribution in [0.25, 0.3) is 10.9 Å². The number of nitrogens with two attached hydrogens (primary N) is 1. The van der Waals surface area contributed by atoms with Crippen LogP contribution < -0.4 is 5.84 Å². The molecule has 0 saturated heterocycles. The Kier molecular flexibility index (Phi) is 3.64. The van der Waals surface area contributed by atoms with Crippen LogP contribution in [0.15, 0.2) is 30.5 Å². The van der Waals surface area contributed by atoms with E-state index < -0.39 is 0 Å². The van der Waals surface area contributed by atoms with Crippen LogP contribution in [0.3, 0.4) is 0 Å². The predicted molar refractivity (Wildman–Crippen MR) is 69.5 cm³/mol. The average Bonchev–Trinajstić information content (AvgIpc) is 2.67. The topological polar surface area (TPSA) is 60.5 Å². The summed E-state index contributed by atoms with van der Waals surface area (Å²) in [6.07, 6.45) is 2.02. The van der Waals surface area contributed by atoms with Crippen molar-refractivity contribution in [3.8, 4) is 0 Å². The lowest BCUT2D eigenvalue weighted by atomic mass is 10.2. The van der Waals surface area contributed by atoms with Crippen molar-refractivity contribution >= 4 is 16.8 Å². The fraction of sp³-hybridized carbons (Fsp3) is 0.308. The third kappa shape index (κ3) is 2.52. The van der Waals surface area contributed by atoms with Crippen LogP contribution >= 0.6 is 0 Å². The van der Waals surface area contributed by atoms with Gasteiger partial charge in [-0.3, -0.25) is 9.80 Å². The minimum absolute atomic E-state index is 0.00375. The first-order valence-electron chi connectivity index (χ1n) is 5.71. The zero-order chi connectivity index (χ0) is 13.1. The zero-order valence-electron chi connectivity index (χ0n) is 10.6. The van der Waals surface area contributed by atoms with Crippen LogP contribution in [0, 0.1) is 0 Å². The number of likely N-dealkylation sites (N-methyl/N-ethyl adjacent to an activating group) is 1. The van der Waals surface area contributed by atoms with Gasteiger partial charge in [0.1, 0.15) is 6.61 Å². The lowest BCUT2D eigenvalue weighted by molar-refractivity contribution is -0.135. The molecule has 1 heterocycles. The van der Waals surface area contributed by atoms with Crippen LogP contribution in [-0.4, -0.2) is 29.1 Å². The van der Waals surface area contributed by atoms with Crippen molar-refractivity contribution in [3.63, 3.8) is 0 Å². The number of hydrogen-bond acceptors (Lipinski definition) is 3. The number of nitrogens with zero attached hydrogens (tertiary/aromatic N) is 2. The van der Waals surface area contributed by atoms with Gasteiger partial charge in [-0.15, -0.1) is 0 Å².